The first-order valence-corrected chi connectivity index (χ1v) is 17.3. The Morgan fingerprint density at radius 3 is 1.27 bits per heavy atom. The smallest absolute Gasteiger partial charge is 0.162 e. The zero-order chi connectivity index (χ0) is 33.5. The van der Waals surface area contributed by atoms with E-state index in [0.717, 1.165) is 66.8 Å². The van der Waals surface area contributed by atoms with Gasteiger partial charge in [-0.15, -0.1) is 0 Å². The minimum Gasteiger partial charge on any atom is -0.454 e. The molecule has 0 aliphatic heterocycles. The molecule has 0 saturated carbocycles. The summed E-state index contributed by atoms with van der Waals surface area (Å²) in [6.45, 7) is 8.96. The molecule has 3 heteroatoms. The van der Waals surface area contributed by atoms with E-state index in [4.69, 9.17) is 4.42 Å². The first-order chi connectivity index (χ1) is 24.0. The molecule has 0 saturated heterocycles. The third kappa shape index (κ3) is 5.42. The van der Waals surface area contributed by atoms with Crippen LogP contribution in [0.15, 0.2) is 162 Å². The van der Waals surface area contributed by atoms with Crippen LogP contribution in [0.2, 0.25) is 0 Å². The Balaban J connectivity index is 1.51. The number of anilines is 6. The number of hydrogen-bond acceptors (Lipinski definition) is 3. The van der Waals surface area contributed by atoms with Crippen molar-refractivity contribution in [3.05, 3.63) is 169 Å². The van der Waals surface area contributed by atoms with E-state index in [1.54, 1.807) is 0 Å². The van der Waals surface area contributed by atoms with E-state index in [0.29, 0.717) is 11.8 Å². The highest BCUT2D eigenvalue weighted by molar-refractivity contribution is 6.28. The lowest BCUT2D eigenvalue weighted by Crippen LogP contribution is -2.14. The normalized spacial score (nSPS) is 11.6. The standard InChI is InChI=1S/C46H40N2O/c1-31(2)33-23-27-37(28-24-33)47(35-15-7-5-8-16-35)44-39-19-11-12-20-40(39)45(46-43(44)41-21-13-14-22-42(41)49-46)48(36-17-9-6-10-18-36)38-29-25-34(26-30-38)32(3)4/h5-32H,1-4H3. The molecule has 0 spiro atoms. The lowest BCUT2D eigenvalue weighted by molar-refractivity contribution is 0.669. The summed E-state index contributed by atoms with van der Waals surface area (Å²) < 4.78 is 7.02. The third-order valence-electron chi connectivity index (χ3n) is 9.60. The Bertz CT molecular complexity index is 2370. The fourth-order valence-electron chi connectivity index (χ4n) is 7.04. The molecule has 8 aromatic rings. The molecule has 0 unspecified atom stereocenters. The van der Waals surface area contributed by atoms with Gasteiger partial charge in [-0.1, -0.05) is 131 Å². The van der Waals surface area contributed by atoms with Gasteiger partial charge in [0.2, 0.25) is 0 Å². The van der Waals surface area contributed by atoms with Gasteiger partial charge in [0.1, 0.15) is 5.58 Å². The number of benzene rings is 7. The summed E-state index contributed by atoms with van der Waals surface area (Å²) in [7, 11) is 0. The highest BCUT2D eigenvalue weighted by atomic mass is 16.3. The Kier molecular flexibility index (Phi) is 7.89. The first kappa shape index (κ1) is 30.5. The first-order valence-electron chi connectivity index (χ1n) is 17.3. The van der Waals surface area contributed by atoms with Gasteiger partial charge < -0.3 is 14.2 Å². The van der Waals surface area contributed by atoms with Crippen molar-refractivity contribution in [2.45, 2.75) is 39.5 Å². The van der Waals surface area contributed by atoms with Crippen molar-refractivity contribution >= 4 is 66.8 Å². The third-order valence-corrected chi connectivity index (χ3v) is 9.60. The Labute approximate surface area is 288 Å². The molecule has 3 nitrogen and oxygen atoms in total. The van der Waals surface area contributed by atoms with E-state index in [1.165, 1.54) is 11.1 Å². The van der Waals surface area contributed by atoms with Crippen LogP contribution >= 0.6 is 0 Å². The van der Waals surface area contributed by atoms with Crippen LogP contribution in [-0.4, -0.2) is 0 Å². The van der Waals surface area contributed by atoms with Crippen LogP contribution in [0.3, 0.4) is 0 Å². The molecule has 0 bridgehead atoms. The second kappa shape index (κ2) is 12.7. The maximum absolute atomic E-state index is 7.02. The van der Waals surface area contributed by atoms with Crippen LogP contribution in [-0.2, 0) is 0 Å². The number of furan rings is 1. The molecule has 0 N–H and O–H groups in total. The highest BCUT2D eigenvalue weighted by Gasteiger charge is 2.29. The van der Waals surface area contributed by atoms with Crippen molar-refractivity contribution < 1.29 is 4.42 Å². The van der Waals surface area contributed by atoms with E-state index in [1.807, 2.05) is 0 Å². The van der Waals surface area contributed by atoms with Gasteiger partial charge in [0.15, 0.2) is 5.58 Å². The average Bonchev–Trinajstić information content (AvgIpc) is 3.53. The van der Waals surface area contributed by atoms with E-state index >= 15 is 0 Å². The number of nitrogens with zero attached hydrogens (tertiary/aromatic N) is 2. The minimum absolute atomic E-state index is 0.444. The Morgan fingerprint density at radius 2 is 0.776 bits per heavy atom. The van der Waals surface area contributed by atoms with Crippen molar-refractivity contribution in [2.24, 2.45) is 0 Å². The molecule has 0 atom stereocenters. The summed E-state index contributed by atoms with van der Waals surface area (Å²) in [5.41, 5.74) is 10.8. The van der Waals surface area contributed by atoms with Crippen LogP contribution in [0.5, 0.6) is 0 Å². The van der Waals surface area contributed by atoms with Crippen LogP contribution in [0, 0.1) is 0 Å². The fraction of sp³-hybridized carbons (Fsp3) is 0.130. The van der Waals surface area contributed by atoms with Gasteiger partial charge in [-0.05, 0) is 77.6 Å². The molecule has 0 fully saturated rings. The maximum Gasteiger partial charge on any atom is 0.162 e. The van der Waals surface area contributed by atoms with Crippen molar-refractivity contribution in [3.63, 3.8) is 0 Å². The van der Waals surface area contributed by atoms with Crippen LogP contribution < -0.4 is 9.80 Å². The second-order valence-corrected chi connectivity index (χ2v) is 13.4. The monoisotopic (exact) mass is 636 g/mol. The van der Waals surface area contributed by atoms with Gasteiger partial charge in [0, 0.05) is 38.9 Å². The minimum atomic E-state index is 0.444. The van der Waals surface area contributed by atoms with Gasteiger partial charge in [-0.3, -0.25) is 0 Å². The molecule has 8 rings (SSSR count). The van der Waals surface area contributed by atoms with Crippen LogP contribution in [0.4, 0.5) is 34.1 Å². The van der Waals surface area contributed by atoms with Gasteiger partial charge >= 0.3 is 0 Å². The lowest BCUT2D eigenvalue weighted by Gasteiger charge is -2.31. The predicted molar refractivity (Wildman–Crippen MR) is 209 cm³/mol. The zero-order valence-corrected chi connectivity index (χ0v) is 28.5. The highest BCUT2D eigenvalue weighted by Crippen LogP contribution is 2.53. The maximum atomic E-state index is 7.02. The molecule has 7 aromatic carbocycles. The molecule has 0 radical (unpaired) electrons. The quantitative estimate of drug-likeness (QED) is 0.155. The molecule has 0 aliphatic carbocycles. The Hall–Kier alpha value is -5.80. The largest absolute Gasteiger partial charge is 0.454 e. The molecule has 1 heterocycles. The summed E-state index contributed by atoms with van der Waals surface area (Å²) in [4.78, 5) is 4.77. The van der Waals surface area contributed by atoms with Gasteiger partial charge in [0.25, 0.3) is 0 Å². The SMILES string of the molecule is CC(C)c1ccc(N(c2ccccc2)c2c3ccccc3c(N(c3ccccc3)c3ccc(C(C)C)cc3)c3c2oc2ccccc23)cc1. The van der Waals surface area contributed by atoms with E-state index in [2.05, 4.69) is 195 Å². The van der Waals surface area contributed by atoms with E-state index < -0.39 is 0 Å². The van der Waals surface area contributed by atoms with Crippen molar-refractivity contribution in [1.29, 1.82) is 0 Å². The second-order valence-electron chi connectivity index (χ2n) is 13.4. The molecule has 0 aliphatic rings. The number of hydrogen-bond donors (Lipinski definition) is 0. The fourth-order valence-corrected chi connectivity index (χ4v) is 7.04. The van der Waals surface area contributed by atoms with E-state index in [9.17, 15) is 0 Å². The van der Waals surface area contributed by atoms with Gasteiger partial charge in [0.05, 0.1) is 16.8 Å². The van der Waals surface area contributed by atoms with Crippen LogP contribution in [0.25, 0.3) is 32.7 Å². The molecule has 1 aromatic heterocycles. The van der Waals surface area contributed by atoms with E-state index in [-0.39, 0.29) is 0 Å². The zero-order valence-electron chi connectivity index (χ0n) is 28.5. The summed E-state index contributed by atoms with van der Waals surface area (Å²) in [6.07, 6.45) is 0. The van der Waals surface area contributed by atoms with Crippen LogP contribution in [0.1, 0.15) is 50.7 Å². The Morgan fingerprint density at radius 1 is 0.388 bits per heavy atom. The molecule has 240 valence electrons. The summed E-state index contributed by atoms with van der Waals surface area (Å²) >= 11 is 0. The molecular formula is C46H40N2O. The van der Waals surface area contributed by atoms with Crippen molar-refractivity contribution in [3.8, 4) is 0 Å². The number of para-hydroxylation sites is 3. The van der Waals surface area contributed by atoms with Crippen molar-refractivity contribution in [2.75, 3.05) is 9.80 Å². The van der Waals surface area contributed by atoms with Crippen molar-refractivity contribution in [1.82, 2.24) is 0 Å². The van der Waals surface area contributed by atoms with Gasteiger partial charge in [-0.25, -0.2) is 0 Å². The van der Waals surface area contributed by atoms with Gasteiger partial charge in [-0.2, -0.15) is 0 Å². The molecular weight excluding hydrogens is 597 g/mol. The topological polar surface area (TPSA) is 19.6 Å². The lowest BCUT2D eigenvalue weighted by atomic mass is 9.97. The molecule has 0 amide bonds. The molecule has 49 heavy (non-hydrogen) atoms. The summed E-state index contributed by atoms with van der Waals surface area (Å²) in [5.74, 6) is 0.891. The average molecular weight is 637 g/mol. The summed E-state index contributed by atoms with van der Waals surface area (Å²) in [6, 6.07) is 56.6. The predicted octanol–water partition coefficient (Wildman–Crippen LogP) is 13.9. The number of rotatable bonds is 8. The number of fused-ring (bicyclic) bond motifs is 4. The summed E-state index contributed by atoms with van der Waals surface area (Å²) in [5, 5.41) is 4.43.